The minimum absolute atomic E-state index is 0.0153. The molecule has 0 bridgehead atoms. The first kappa shape index (κ1) is 17.1. The first-order valence-electron chi connectivity index (χ1n) is 6.62. The number of rotatable bonds is 5. The van der Waals surface area contributed by atoms with Gasteiger partial charge in [0.05, 0.1) is 0 Å². The molecule has 1 atom stereocenters. The number of hydrogen-bond acceptors (Lipinski definition) is 6. The molecule has 1 rings (SSSR count). The predicted molar refractivity (Wildman–Crippen MR) is 78.1 cm³/mol. The Morgan fingerprint density at radius 2 is 1.67 bits per heavy atom. The summed E-state index contributed by atoms with van der Waals surface area (Å²) in [5.74, 6) is -1.79. The molecule has 0 spiro atoms. The third-order valence-electron chi connectivity index (χ3n) is 2.66. The van der Waals surface area contributed by atoms with E-state index in [4.69, 9.17) is 20.9 Å². The van der Waals surface area contributed by atoms with Gasteiger partial charge in [-0.1, -0.05) is 30.3 Å². The van der Waals surface area contributed by atoms with E-state index in [1.807, 2.05) is 18.2 Å². The Hall–Kier alpha value is -1.92. The lowest BCUT2D eigenvalue weighted by atomic mass is 10.0. The average molecular weight is 294 g/mol. The summed E-state index contributed by atoms with van der Waals surface area (Å²) in [5.41, 5.74) is 9.27. The molecular formula is C15H22N2O4. The number of hydrogen-bond donors (Lipinski definition) is 2. The van der Waals surface area contributed by atoms with E-state index in [1.54, 1.807) is 32.9 Å². The summed E-state index contributed by atoms with van der Waals surface area (Å²) in [6.07, 6.45) is 0. The van der Waals surface area contributed by atoms with Gasteiger partial charge in [-0.2, -0.15) is 0 Å². The summed E-state index contributed by atoms with van der Waals surface area (Å²) in [5, 5.41) is 0. The zero-order valence-electron chi connectivity index (χ0n) is 12.6. The predicted octanol–water partition coefficient (Wildman–Crippen LogP) is 0.728. The first-order chi connectivity index (χ1) is 9.69. The van der Waals surface area contributed by atoms with Gasteiger partial charge in [0.1, 0.15) is 12.2 Å². The Bertz CT molecular complexity index is 496. The van der Waals surface area contributed by atoms with Crippen LogP contribution in [0.15, 0.2) is 30.3 Å². The molecule has 21 heavy (non-hydrogen) atoms. The van der Waals surface area contributed by atoms with E-state index >= 15 is 0 Å². The van der Waals surface area contributed by atoms with E-state index in [9.17, 15) is 9.59 Å². The van der Waals surface area contributed by atoms with Gasteiger partial charge in [0.25, 0.3) is 0 Å². The maximum Gasteiger partial charge on any atom is 0.339 e. The molecule has 6 nitrogen and oxygen atoms in total. The van der Waals surface area contributed by atoms with Gasteiger partial charge >= 0.3 is 11.9 Å². The summed E-state index contributed by atoms with van der Waals surface area (Å²) < 4.78 is 10.2. The molecule has 0 aliphatic rings. The highest BCUT2D eigenvalue weighted by Gasteiger charge is 2.45. The lowest BCUT2D eigenvalue weighted by molar-refractivity contribution is -0.171. The summed E-state index contributed by atoms with van der Waals surface area (Å²) in [6.45, 7) is 4.66. The third-order valence-corrected chi connectivity index (χ3v) is 2.66. The largest absolute Gasteiger partial charge is 0.459 e. The highest BCUT2D eigenvalue weighted by molar-refractivity contribution is 6.05. The second kappa shape index (κ2) is 6.69. The molecule has 0 aliphatic heterocycles. The highest BCUT2D eigenvalue weighted by atomic mass is 16.6. The SMILES string of the molecule is CC(C)(C)OC(=O)C(N)(CN)C(=O)OCc1ccccc1. The maximum absolute atomic E-state index is 12.1. The molecule has 0 saturated carbocycles. The van der Waals surface area contributed by atoms with Gasteiger partial charge in [0.2, 0.25) is 5.54 Å². The Balaban J connectivity index is 2.73. The molecule has 0 aliphatic carbocycles. The molecule has 1 aromatic carbocycles. The van der Waals surface area contributed by atoms with Crippen molar-refractivity contribution in [3.05, 3.63) is 35.9 Å². The van der Waals surface area contributed by atoms with Crippen LogP contribution in [0, 0.1) is 0 Å². The van der Waals surface area contributed by atoms with E-state index in [-0.39, 0.29) is 6.61 Å². The number of esters is 2. The fraction of sp³-hybridized carbons (Fsp3) is 0.467. The van der Waals surface area contributed by atoms with Crippen molar-refractivity contribution in [3.63, 3.8) is 0 Å². The van der Waals surface area contributed by atoms with Gasteiger partial charge in [-0.3, -0.25) is 0 Å². The summed E-state index contributed by atoms with van der Waals surface area (Å²) in [4.78, 5) is 24.1. The topological polar surface area (TPSA) is 105 Å². The van der Waals surface area contributed by atoms with Crippen LogP contribution in [0.5, 0.6) is 0 Å². The standard InChI is InChI=1S/C15H22N2O4/c1-14(2,3)21-13(19)15(17,10-16)12(18)20-9-11-7-5-4-6-8-11/h4-8H,9-10,16-17H2,1-3H3. The first-order valence-corrected chi connectivity index (χ1v) is 6.62. The summed E-state index contributed by atoms with van der Waals surface area (Å²) in [6, 6.07) is 9.06. The smallest absolute Gasteiger partial charge is 0.339 e. The normalized spacial score (nSPS) is 14.1. The fourth-order valence-corrected chi connectivity index (χ4v) is 1.47. The van der Waals surface area contributed by atoms with Gasteiger partial charge in [-0.05, 0) is 26.3 Å². The van der Waals surface area contributed by atoms with Gasteiger partial charge in [-0.25, -0.2) is 9.59 Å². The van der Waals surface area contributed by atoms with Crippen molar-refractivity contribution in [2.24, 2.45) is 11.5 Å². The van der Waals surface area contributed by atoms with Crippen LogP contribution in [-0.2, 0) is 25.7 Å². The van der Waals surface area contributed by atoms with Crippen molar-refractivity contribution in [1.29, 1.82) is 0 Å². The van der Waals surface area contributed by atoms with Crippen LogP contribution in [0.25, 0.3) is 0 Å². The van der Waals surface area contributed by atoms with Gasteiger partial charge in [0, 0.05) is 6.54 Å². The summed E-state index contributed by atoms with van der Waals surface area (Å²) >= 11 is 0. The van der Waals surface area contributed by atoms with Crippen LogP contribution in [0.4, 0.5) is 0 Å². The van der Waals surface area contributed by atoms with Crippen LogP contribution in [0.1, 0.15) is 26.3 Å². The van der Waals surface area contributed by atoms with Crippen molar-refractivity contribution in [2.45, 2.75) is 38.5 Å². The summed E-state index contributed by atoms with van der Waals surface area (Å²) in [7, 11) is 0. The zero-order chi connectivity index (χ0) is 16.1. The molecule has 0 radical (unpaired) electrons. The number of carbonyl (C=O) groups is 2. The third kappa shape index (κ3) is 4.84. The number of carbonyl (C=O) groups excluding carboxylic acids is 2. The van der Waals surface area contributed by atoms with E-state index < -0.39 is 29.6 Å². The number of nitrogens with two attached hydrogens (primary N) is 2. The van der Waals surface area contributed by atoms with Gasteiger partial charge in [-0.15, -0.1) is 0 Å². The highest BCUT2D eigenvalue weighted by Crippen LogP contribution is 2.14. The molecule has 1 unspecified atom stereocenters. The molecule has 4 N–H and O–H groups in total. The average Bonchev–Trinajstić information content (AvgIpc) is 2.43. The molecule has 0 fully saturated rings. The quantitative estimate of drug-likeness (QED) is 0.612. The zero-order valence-corrected chi connectivity index (χ0v) is 12.6. The van der Waals surface area contributed by atoms with Crippen LogP contribution < -0.4 is 11.5 Å². The number of benzene rings is 1. The Morgan fingerprint density at radius 3 is 2.14 bits per heavy atom. The molecule has 1 aromatic rings. The Morgan fingerprint density at radius 1 is 1.10 bits per heavy atom. The van der Waals surface area contributed by atoms with Crippen molar-refractivity contribution < 1.29 is 19.1 Å². The van der Waals surface area contributed by atoms with Gasteiger partial charge in [0.15, 0.2) is 0 Å². The van der Waals surface area contributed by atoms with Crippen molar-refractivity contribution >= 4 is 11.9 Å². The molecule has 0 amide bonds. The van der Waals surface area contributed by atoms with E-state index in [1.165, 1.54) is 0 Å². The van der Waals surface area contributed by atoms with Crippen molar-refractivity contribution in [1.82, 2.24) is 0 Å². The lowest BCUT2D eigenvalue weighted by Crippen LogP contribution is -2.62. The molecule has 0 heterocycles. The molecule has 0 aromatic heterocycles. The minimum Gasteiger partial charge on any atom is -0.459 e. The molecule has 6 heteroatoms. The molecule has 116 valence electrons. The van der Waals surface area contributed by atoms with Crippen molar-refractivity contribution in [3.8, 4) is 0 Å². The monoisotopic (exact) mass is 294 g/mol. The fourth-order valence-electron chi connectivity index (χ4n) is 1.47. The second-order valence-electron chi connectivity index (χ2n) is 5.74. The van der Waals surface area contributed by atoms with E-state index in [2.05, 4.69) is 0 Å². The van der Waals surface area contributed by atoms with E-state index in [0.29, 0.717) is 0 Å². The Kier molecular flexibility index (Phi) is 5.46. The van der Waals surface area contributed by atoms with E-state index in [0.717, 1.165) is 5.56 Å². The number of ether oxygens (including phenoxy) is 2. The lowest BCUT2D eigenvalue weighted by Gasteiger charge is -2.28. The van der Waals surface area contributed by atoms with Crippen LogP contribution in [-0.4, -0.2) is 29.6 Å². The van der Waals surface area contributed by atoms with Gasteiger partial charge < -0.3 is 20.9 Å². The van der Waals surface area contributed by atoms with Crippen LogP contribution in [0.3, 0.4) is 0 Å². The molecular weight excluding hydrogens is 272 g/mol. The Labute approximate surface area is 124 Å². The van der Waals surface area contributed by atoms with Crippen molar-refractivity contribution in [2.75, 3.05) is 6.54 Å². The second-order valence-corrected chi connectivity index (χ2v) is 5.74. The molecule has 0 saturated heterocycles. The maximum atomic E-state index is 12.1. The minimum atomic E-state index is -2.00. The van der Waals surface area contributed by atoms with Crippen LogP contribution >= 0.6 is 0 Å². The van der Waals surface area contributed by atoms with Crippen LogP contribution in [0.2, 0.25) is 0 Å².